The van der Waals surface area contributed by atoms with Crippen molar-refractivity contribution in [1.29, 1.82) is 0 Å². The van der Waals surface area contributed by atoms with E-state index in [1.165, 1.54) is 25.7 Å². The summed E-state index contributed by atoms with van der Waals surface area (Å²) in [5.74, 6) is 1.83. The van der Waals surface area contributed by atoms with Gasteiger partial charge in [0.1, 0.15) is 0 Å². The molecule has 0 radical (unpaired) electrons. The van der Waals surface area contributed by atoms with Crippen molar-refractivity contribution in [2.24, 2.45) is 11.8 Å². The number of nitrogens with zero attached hydrogens (tertiary/aromatic N) is 2. The van der Waals surface area contributed by atoms with Gasteiger partial charge in [-0.1, -0.05) is 6.42 Å². The summed E-state index contributed by atoms with van der Waals surface area (Å²) in [5.41, 5.74) is 0. The first kappa shape index (κ1) is 17.9. The molecule has 6 nitrogen and oxygen atoms in total. The molecule has 1 amide bonds. The third-order valence-corrected chi connectivity index (χ3v) is 4.28. The number of methoxy groups -OCH3 is 1. The zero-order valence-corrected chi connectivity index (χ0v) is 13.2. The molecule has 2 rings (SSSR count). The Hall–Kier alpha value is -1.14. The number of carbonyl (C=O) groups is 2. The first-order valence-corrected chi connectivity index (χ1v) is 7.63. The van der Waals surface area contributed by atoms with Gasteiger partial charge in [-0.2, -0.15) is 0 Å². The molecule has 2 aliphatic rings. The number of likely N-dealkylation sites (N-methyl/N-ethyl adjacent to an activating group) is 1. The molecular weight excluding hydrogens is 272 g/mol. The number of carboxylic acid groups (broad SMARTS) is 1. The lowest BCUT2D eigenvalue weighted by atomic mass is 9.78. The van der Waals surface area contributed by atoms with Crippen molar-refractivity contribution in [3.63, 3.8) is 0 Å². The zero-order valence-electron chi connectivity index (χ0n) is 13.2. The molecule has 0 aromatic carbocycles. The van der Waals surface area contributed by atoms with E-state index < -0.39 is 0 Å². The first-order valence-electron chi connectivity index (χ1n) is 7.63. The van der Waals surface area contributed by atoms with Crippen LogP contribution in [0.4, 0.5) is 0 Å². The van der Waals surface area contributed by atoms with E-state index in [2.05, 4.69) is 9.80 Å². The van der Waals surface area contributed by atoms with E-state index in [4.69, 9.17) is 14.6 Å². The molecule has 122 valence electrons. The van der Waals surface area contributed by atoms with Gasteiger partial charge in [-0.25, -0.2) is 0 Å². The van der Waals surface area contributed by atoms with Crippen molar-refractivity contribution in [2.45, 2.75) is 25.7 Å². The fraction of sp³-hybridized carbons (Fsp3) is 0.867. The average molecular weight is 300 g/mol. The van der Waals surface area contributed by atoms with Gasteiger partial charge in [0, 0.05) is 26.7 Å². The fourth-order valence-electron chi connectivity index (χ4n) is 3.29. The van der Waals surface area contributed by atoms with Crippen LogP contribution in [-0.4, -0.2) is 74.2 Å². The number of hydrogen-bond donors (Lipinski definition) is 1. The summed E-state index contributed by atoms with van der Waals surface area (Å²) in [5, 5.41) is 6.89. The largest absolute Gasteiger partial charge is 0.483 e. The van der Waals surface area contributed by atoms with Crippen LogP contribution in [0.2, 0.25) is 0 Å². The van der Waals surface area contributed by atoms with Crippen LogP contribution in [0.15, 0.2) is 0 Å². The molecule has 0 aromatic heterocycles. The predicted molar refractivity (Wildman–Crippen MR) is 80.1 cm³/mol. The summed E-state index contributed by atoms with van der Waals surface area (Å²) in [6.45, 7) is 3.78. The van der Waals surface area contributed by atoms with Crippen LogP contribution in [0.1, 0.15) is 25.7 Å². The molecule has 0 aromatic rings. The third-order valence-electron chi connectivity index (χ3n) is 4.28. The van der Waals surface area contributed by atoms with Crippen LogP contribution in [0.3, 0.4) is 0 Å². The van der Waals surface area contributed by atoms with Crippen LogP contribution in [0.5, 0.6) is 0 Å². The Balaban J connectivity index is 0.000000677. The van der Waals surface area contributed by atoms with Crippen LogP contribution in [-0.2, 0) is 14.3 Å². The first-order chi connectivity index (χ1) is 10.1. The molecule has 1 heterocycles. The van der Waals surface area contributed by atoms with Crippen LogP contribution in [0, 0.1) is 11.8 Å². The van der Waals surface area contributed by atoms with Gasteiger partial charge in [0.25, 0.3) is 6.47 Å². The number of rotatable bonds is 5. The summed E-state index contributed by atoms with van der Waals surface area (Å²) in [6.07, 6.45) is 5.36. The molecule has 0 unspecified atom stereocenters. The van der Waals surface area contributed by atoms with Crippen LogP contribution < -0.4 is 0 Å². The van der Waals surface area contributed by atoms with Gasteiger partial charge < -0.3 is 14.7 Å². The van der Waals surface area contributed by atoms with E-state index in [1.54, 1.807) is 7.11 Å². The van der Waals surface area contributed by atoms with Crippen molar-refractivity contribution >= 4 is 12.4 Å². The maximum Gasteiger partial charge on any atom is 0.290 e. The Bertz CT molecular complexity index is 313. The van der Waals surface area contributed by atoms with Gasteiger partial charge in [-0.3, -0.25) is 14.5 Å². The van der Waals surface area contributed by atoms with Gasteiger partial charge in [0.2, 0.25) is 5.91 Å². The third kappa shape index (κ3) is 6.44. The fourth-order valence-corrected chi connectivity index (χ4v) is 3.29. The highest BCUT2D eigenvalue weighted by Crippen LogP contribution is 2.34. The monoisotopic (exact) mass is 300 g/mol. The number of amides is 1. The minimum absolute atomic E-state index is 0.250. The normalized spacial score (nSPS) is 24.2. The smallest absolute Gasteiger partial charge is 0.290 e. The average Bonchev–Trinajstić information content (AvgIpc) is 2.45. The van der Waals surface area contributed by atoms with Crippen molar-refractivity contribution in [1.82, 2.24) is 9.80 Å². The van der Waals surface area contributed by atoms with E-state index in [1.807, 2.05) is 7.05 Å². The molecule has 6 heteroatoms. The van der Waals surface area contributed by atoms with Crippen molar-refractivity contribution in [3.05, 3.63) is 0 Å². The Morgan fingerprint density at radius 3 is 2.48 bits per heavy atom. The van der Waals surface area contributed by atoms with Crippen LogP contribution >= 0.6 is 0 Å². The Kier molecular flexibility index (Phi) is 8.30. The summed E-state index contributed by atoms with van der Waals surface area (Å²) >= 11 is 0. The van der Waals surface area contributed by atoms with Gasteiger partial charge >= 0.3 is 0 Å². The highest BCUT2D eigenvalue weighted by Gasteiger charge is 2.32. The quantitative estimate of drug-likeness (QED) is 0.764. The highest BCUT2D eigenvalue weighted by molar-refractivity contribution is 5.78. The maximum atomic E-state index is 12.2. The lowest BCUT2D eigenvalue weighted by Crippen LogP contribution is -2.48. The highest BCUT2D eigenvalue weighted by atomic mass is 16.5. The summed E-state index contributed by atoms with van der Waals surface area (Å²) in [4.78, 5) is 24.8. The van der Waals surface area contributed by atoms with Crippen molar-refractivity contribution in [3.8, 4) is 0 Å². The molecule has 2 bridgehead atoms. The number of likely N-dealkylation sites (tertiary alicyclic amines) is 1. The van der Waals surface area contributed by atoms with Crippen molar-refractivity contribution in [2.75, 3.05) is 46.9 Å². The molecule has 0 spiro atoms. The molecule has 1 saturated carbocycles. The molecule has 1 saturated heterocycles. The van der Waals surface area contributed by atoms with E-state index in [0.717, 1.165) is 31.5 Å². The number of piperidine rings is 1. The molecule has 21 heavy (non-hydrogen) atoms. The van der Waals surface area contributed by atoms with E-state index in [-0.39, 0.29) is 6.47 Å². The number of fused-ring (bicyclic) bond motifs is 2. The molecular formula is C15H28N2O4. The lowest BCUT2D eigenvalue weighted by molar-refractivity contribution is -0.136. The van der Waals surface area contributed by atoms with Gasteiger partial charge in [0.05, 0.1) is 13.2 Å². The summed E-state index contributed by atoms with van der Waals surface area (Å²) < 4.78 is 5.03. The van der Waals surface area contributed by atoms with Gasteiger partial charge in [-0.05, 0) is 38.1 Å². The second-order valence-electron chi connectivity index (χ2n) is 6.03. The summed E-state index contributed by atoms with van der Waals surface area (Å²) in [7, 11) is 3.68. The minimum atomic E-state index is -0.250. The second kappa shape index (κ2) is 9.73. The zero-order chi connectivity index (χ0) is 15.7. The molecule has 1 aliphatic heterocycles. The SMILES string of the molecule is COCCN(C)CC(=O)N1C[C@H]2CCC[C@@H](C2)C1.O=CO. The van der Waals surface area contributed by atoms with E-state index >= 15 is 0 Å². The van der Waals surface area contributed by atoms with Crippen molar-refractivity contribution < 1.29 is 19.4 Å². The lowest BCUT2D eigenvalue weighted by Gasteiger charge is -2.41. The molecule has 1 N–H and O–H groups in total. The second-order valence-corrected chi connectivity index (χ2v) is 6.03. The van der Waals surface area contributed by atoms with Crippen LogP contribution in [0.25, 0.3) is 0 Å². The Labute approximate surface area is 127 Å². The standard InChI is InChI=1S/C14H26N2O2.CH2O2/c1-15(6-7-18-2)11-14(17)16-9-12-4-3-5-13(8-12)10-16;2-1-3/h12-13H,3-11H2,1-2H3;1H,(H,2,3)/t12-,13-;/m0./s1. The van der Waals surface area contributed by atoms with E-state index in [0.29, 0.717) is 19.1 Å². The maximum absolute atomic E-state index is 12.2. The van der Waals surface area contributed by atoms with E-state index in [9.17, 15) is 4.79 Å². The van der Waals surface area contributed by atoms with Gasteiger partial charge in [0.15, 0.2) is 0 Å². The number of ether oxygens (including phenoxy) is 1. The van der Waals surface area contributed by atoms with Gasteiger partial charge in [-0.15, -0.1) is 0 Å². The molecule has 2 atom stereocenters. The Morgan fingerprint density at radius 1 is 1.38 bits per heavy atom. The topological polar surface area (TPSA) is 70.1 Å². The number of hydrogen-bond acceptors (Lipinski definition) is 4. The minimum Gasteiger partial charge on any atom is -0.483 e. The Morgan fingerprint density at radius 2 is 1.95 bits per heavy atom. The summed E-state index contributed by atoms with van der Waals surface area (Å²) in [6, 6.07) is 0. The molecule has 2 fully saturated rings. The predicted octanol–water partition coefficient (Wildman–Crippen LogP) is 0.914. The molecule has 1 aliphatic carbocycles. The number of carbonyl (C=O) groups excluding carboxylic acids is 1.